The van der Waals surface area contributed by atoms with Crippen LogP contribution in [-0.2, 0) is 0 Å². The second-order valence-electron chi connectivity index (χ2n) is 3.08. The van der Waals surface area contributed by atoms with Crippen molar-refractivity contribution < 1.29 is 0 Å². The monoisotopic (exact) mass is 197 g/mol. The Hall–Kier alpha value is -2.30. The van der Waals surface area contributed by atoms with Crippen molar-refractivity contribution in [1.82, 2.24) is 24.6 Å². The lowest BCUT2D eigenvalue weighted by Gasteiger charge is -1.98. The Morgan fingerprint density at radius 2 is 2.00 bits per heavy atom. The predicted octanol–water partition coefficient (Wildman–Crippen LogP) is 1.19. The van der Waals surface area contributed by atoms with Gasteiger partial charge >= 0.3 is 0 Å². The molecule has 5 heteroatoms. The number of rotatable bonds is 1. The summed E-state index contributed by atoms with van der Waals surface area (Å²) in [6.45, 7) is 0. The zero-order chi connectivity index (χ0) is 10.1. The van der Waals surface area contributed by atoms with Gasteiger partial charge in [-0.15, -0.1) is 0 Å². The van der Waals surface area contributed by atoms with Crippen LogP contribution >= 0.6 is 0 Å². The standard InChI is InChI=1S/C10H7N5/c1-2-13-14-5-8(1)9-6-12-10-7-11-3-4-15(9)10/h1-7H. The van der Waals surface area contributed by atoms with Gasteiger partial charge in [-0.25, -0.2) is 4.98 Å². The molecule has 72 valence electrons. The molecule has 5 nitrogen and oxygen atoms in total. The van der Waals surface area contributed by atoms with Crippen LogP contribution in [0.3, 0.4) is 0 Å². The Bertz CT molecular complexity index is 587. The zero-order valence-electron chi connectivity index (χ0n) is 7.78. The van der Waals surface area contributed by atoms with Crippen LogP contribution in [0.15, 0.2) is 43.2 Å². The molecule has 0 saturated heterocycles. The largest absolute Gasteiger partial charge is 0.297 e. The minimum Gasteiger partial charge on any atom is -0.297 e. The minimum atomic E-state index is 0.823. The molecule has 0 amide bonds. The Balaban J connectivity index is 2.28. The summed E-state index contributed by atoms with van der Waals surface area (Å²) in [5.41, 5.74) is 2.80. The van der Waals surface area contributed by atoms with Gasteiger partial charge in [0.25, 0.3) is 0 Å². The molecule has 0 unspecified atom stereocenters. The van der Waals surface area contributed by atoms with Gasteiger partial charge in [0.1, 0.15) is 0 Å². The molecule has 3 aromatic rings. The fourth-order valence-corrected chi connectivity index (χ4v) is 1.50. The quantitative estimate of drug-likeness (QED) is 0.588. The van der Waals surface area contributed by atoms with E-state index in [0.717, 1.165) is 16.9 Å². The van der Waals surface area contributed by atoms with E-state index < -0.39 is 0 Å². The Kier molecular flexibility index (Phi) is 1.68. The third-order valence-electron chi connectivity index (χ3n) is 2.20. The second-order valence-corrected chi connectivity index (χ2v) is 3.08. The molecular weight excluding hydrogens is 190 g/mol. The van der Waals surface area contributed by atoms with Gasteiger partial charge in [0.15, 0.2) is 5.65 Å². The first-order valence-electron chi connectivity index (χ1n) is 4.49. The highest BCUT2D eigenvalue weighted by molar-refractivity contribution is 5.61. The van der Waals surface area contributed by atoms with E-state index in [1.165, 1.54) is 0 Å². The third-order valence-corrected chi connectivity index (χ3v) is 2.20. The molecule has 0 atom stereocenters. The maximum atomic E-state index is 4.25. The third kappa shape index (κ3) is 1.25. The Morgan fingerprint density at radius 1 is 1.00 bits per heavy atom. The van der Waals surface area contributed by atoms with E-state index in [-0.39, 0.29) is 0 Å². The van der Waals surface area contributed by atoms with Gasteiger partial charge < -0.3 is 0 Å². The molecular formula is C10H7N5. The van der Waals surface area contributed by atoms with Crippen LogP contribution in [0.1, 0.15) is 0 Å². The van der Waals surface area contributed by atoms with Crippen LogP contribution in [0.2, 0.25) is 0 Å². The maximum Gasteiger partial charge on any atom is 0.155 e. The highest BCUT2D eigenvalue weighted by Gasteiger charge is 2.04. The number of hydrogen-bond donors (Lipinski definition) is 0. The van der Waals surface area contributed by atoms with Crippen molar-refractivity contribution >= 4 is 5.65 Å². The minimum absolute atomic E-state index is 0.823. The first-order chi connectivity index (χ1) is 7.45. The summed E-state index contributed by atoms with van der Waals surface area (Å²) in [6, 6.07) is 1.90. The summed E-state index contributed by atoms with van der Waals surface area (Å²) >= 11 is 0. The van der Waals surface area contributed by atoms with Gasteiger partial charge in [-0.1, -0.05) is 0 Å². The van der Waals surface area contributed by atoms with Gasteiger partial charge in [-0.3, -0.25) is 9.38 Å². The second kappa shape index (κ2) is 3.13. The molecule has 3 heterocycles. The molecule has 0 aliphatic heterocycles. The fourth-order valence-electron chi connectivity index (χ4n) is 1.50. The lowest BCUT2D eigenvalue weighted by molar-refractivity contribution is 1.03. The first-order valence-corrected chi connectivity index (χ1v) is 4.49. The normalized spacial score (nSPS) is 10.7. The fraction of sp³-hybridized carbons (Fsp3) is 0. The summed E-state index contributed by atoms with van der Waals surface area (Å²) in [5.74, 6) is 0. The van der Waals surface area contributed by atoms with E-state index in [1.54, 1.807) is 31.0 Å². The van der Waals surface area contributed by atoms with Gasteiger partial charge in [-0.05, 0) is 6.07 Å². The maximum absolute atomic E-state index is 4.25. The molecule has 0 aromatic carbocycles. The van der Waals surface area contributed by atoms with Crippen LogP contribution in [0.4, 0.5) is 0 Å². The van der Waals surface area contributed by atoms with Crippen molar-refractivity contribution in [2.75, 3.05) is 0 Å². The van der Waals surface area contributed by atoms with Crippen molar-refractivity contribution in [3.8, 4) is 11.3 Å². The average molecular weight is 197 g/mol. The van der Waals surface area contributed by atoms with Gasteiger partial charge in [-0.2, -0.15) is 10.2 Å². The van der Waals surface area contributed by atoms with Gasteiger partial charge in [0.05, 0.1) is 30.5 Å². The van der Waals surface area contributed by atoms with Crippen LogP contribution in [0.25, 0.3) is 16.9 Å². The van der Waals surface area contributed by atoms with E-state index in [2.05, 4.69) is 20.2 Å². The Labute approximate surface area is 85.5 Å². The highest BCUT2D eigenvalue weighted by atomic mass is 15.1. The summed E-state index contributed by atoms with van der Waals surface area (Å²) in [7, 11) is 0. The van der Waals surface area contributed by atoms with Crippen molar-refractivity contribution in [3.05, 3.63) is 43.2 Å². The number of hydrogen-bond acceptors (Lipinski definition) is 4. The summed E-state index contributed by atoms with van der Waals surface area (Å²) in [6.07, 6.45) is 10.5. The molecule has 0 bridgehead atoms. The van der Waals surface area contributed by atoms with Crippen LogP contribution < -0.4 is 0 Å². The molecule has 0 spiro atoms. The number of imidazole rings is 1. The molecule has 0 aliphatic carbocycles. The number of aromatic nitrogens is 5. The molecule has 0 aliphatic rings. The van der Waals surface area contributed by atoms with Gasteiger partial charge in [0.2, 0.25) is 0 Å². The lowest BCUT2D eigenvalue weighted by Crippen LogP contribution is -1.89. The lowest BCUT2D eigenvalue weighted by atomic mass is 10.2. The zero-order valence-corrected chi connectivity index (χ0v) is 7.78. The van der Waals surface area contributed by atoms with Crippen LogP contribution in [0.5, 0.6) is 0 Å². The molecule has 0 fully saturated rings. The van der Waals surface area contributed by atoms with E-state index in [9.17, 15) is 0 Å². The molecule has 0 N–H and O–H groups in total. The smallest absolute Gasteiger partial charge is 0.155 e. The first kappa shape index (κ1) is 8.05. The molecule has 0 saturated carbocycles. The molecule has 3 aromatic heterocycles. The van der Waals surface area contributed by atoms with Crippen LogP contribution in [-0.4, -0.2) is 24.6 Å². The number of nitrogens with zero attached hydrogens (tertiary/aromatic N) is 5. The summed E-state index contributed by atoms with van der Waals surface area (Å²) < 4.78 is 1.96. The SMILES string of the molecule is c1cn2c(-c3ccnnc3)cnc2cn1. The van der Waals surface area contributed by atoms with E-state index in [1.807, 2.05) is 16.7 Å². The van der Waals surface area contributed by atoms with E-state index >= 15 is 0 Å². The predicted molar refractivity (Wildman–Crippen MR) is 54.0 cm³/mol. The van der Waals surface area contributed by atoms with Crippen molar-refractivity contribution in [1.29, 1.82) is 0 Å². The average Bonchev–Trinajstić information content (AvgIpc) is 2.74. The Morgan fingerprint density at radius 3 is 2.87 bits per heavy atom. The summed E-state index contributed by atoms with van der Waals surface area (Å²) in [4.78, 5) is 8.26. The van der Waals surface area contributed by atoms with Crippen LogP contribution in [0, 0.1) is 0 Å². The summed E-state index contributed by atoms with van der Waals surface area (Å²) in [5, 5.41) is 7.58. The topological polar surface area (TPSA) is 56.0 Å². The van der Waals surface area contributed by atoms with E-state index in [4.69, 9.17) is 0 Å². The molecule has 15 heavy (non-hydrogen) atoms. The highest BCUT2D eigenvalue weighted by Crippen LogP contribution is 2.17. The molecule has 0 radical (unpaired) electrons. The van der Waals surface area contributed by atoms with Crippen molar-refractivity contribution in [2.45, 2.75) is 0 Å². The van der Waals surface area contributed by atoms with Crippen molar-refractivity contribution in [3.63, 3.8) is 0 Å². The van der Waals surface area contributed by atoms with Crippen molar-refractivity contribution in [2.24, 2.45) is 0 Å². The number of fused-ring (bicyclic) bond motifs is 1. The van der Waals surface area contributed by atoms with E-state index in [0.29, 0.717) is 0 Å². The van der Waals surface area contributed by atoms with Gasteiger partial charge in [0, 0.05) is 18.0 Å². The molecule has 3 rings (SSSR count).